The predicted molar refractivity (Wildman–Crippen MR) is 73.5 cm³/mol. The van der Waals surface area contributed by atoms with E-state index in [1.165, 1.54) is 4.90 Å². The third kappa shape index (κ3) is 3.69. The van der Waals surface area contributed by atoms with Crippen LogP contribution in [0.15, 0.2) is 0 Å². The van der Waals surface area contributed by atoms with Crippen molar-refractivity contribution in [3.05, 3.63) is 0 Å². The highest BCUT2D eigenvalue weighted by molar-refractivity contribution is 5.94. The van der Waals surface area contributed by atoms with E-state index in [0.29, 0.717) is 13.0 Å². The second-order valence-electron chi connectivity index (χ2n) is 7.25. The summed E-state index contributed by atoms with van der Waals surface area (Å²) in [6, 6.07) is -0.208. The summed E-state index contributed by atoms with van der Waals surface area (Å²) in [6.07, 6.45) is -0.245. The first-order chi connectivity index (χ1) is 8.47. The number of ether oxygens (including phenoxy) is 1. The normalized spacial score (nSPS) is 24.8. The van der Waals surface area contributed by atoms with Gasteiger partial charge in [-0.15, -0.1) is 0 Å². The highest BCUT2D eigenvalue weighted by atomic mass is 16.6. The molecule has 0 saturated carbocycles. The Bertz CT molecular complexity index is 366. The molecule has 1 heterocycles. The molecule has 0 aliphatic carbocycles. The minimum atomic E-state index is -0.611. The van der Waals surface area contributed by atoms with Crippen LogP contribution in [-0.2, 0) is 9.53 Å². The van der Waals surface area contributed by atoms with Gasteiger partial charge in [-0.3, -0.25) is 4.79 Å². The van der Waals surface area contributed by atoms with E-state index >= 15 is 0 Å². The summed E-state index contributed by atoms with van der Waals surface area (Å²) >= 11 is 0. The van der Waals surface area contributed by atoms with Crippen LogP contribution in [0.2, 0.25) is 0 Å². The van der Waals surface area contributed by atoms with E-state index in [1.54, 1.807) is 20.8 Å². The van der Waals surface area contributed by atoms with Gasteiger partial charge in [-0.1, -0.05) is 20.8 Å². The molecule has 19 heavy (non-hydrogen) atoms. The van der Waals surface area contributed by atoms with E-state index in [0.717, 1.165) is 0 Å². The van der Waals surface area contributed by atoms with E-state index in [-0.39, 0.29) is 23.3 Å². The summed E-state index contributed by atoms with van der Waals surface area (Å²) in [6.45, 7) is 11.8. The number of amides is 2. The molecule has 2 unspecified atom stereocenters. The maximum atomic E-state index is 12.2. The Labute approximate surface area is 115 Å². The number of carbonyl (C=O) groups excluding carboxylic acids is 2. The Morgan fingerprint density at radius 1 is 1.32 bits per heavy atom. The van der Waals surface area contributed by atoms with Crippen LogP contribution in [0.4, 0.5) is 4.79 Å². The van der Waals surface area contributed by atoms with Crippen LogP contribution in [-0.4, -0.2) is 35.1 Å². The fourth-order valence-electron chi connectivity index (χ4n) is 2.63. The van der Waals surface area contributed by atoms with E-state index in [2.05, 4.69) is 0 Å². The minimum absolute atomic E-state index is 0.0000170. The first kappa shape index (κ1) is 16.0. The Morgan fingerprint density at radius 3 is 2.21 bits per heavy atom. The fraction of sp³-hybridized carbons (Fsp3) is 0.857. The Kier molecular flexibility index (Phi) is 4.30. The molecule has 0 aromatic rings. The van der Waals surface area contributed by atoms with Gasteiger partial charge >= 0.3 is 6.09 Å². The predicted octanol–water partition coefficient (Wildman–Crippen LogP) is 2.14. The van der Waals surface area contributed by atoms with Crippen LogP contribution < -0.4 is 5.73 Å². The number of rotatable bonds is 1. The van der Waals surface area contributed by atoms with Crippen molar-refractivity contribution in [1.82, 2.24) is 4.90 Å². The van der Waals surface area contributed by atoms with Crippen molar-refractivity contribution in [1.29, 1.82) is 0 Å². The van der Waals surface area contributed by atoms with E-state index in [4.69, 9.17) is 10.5 Å². The summed E-state index contributed by atoms with van der Waals surface area (Å²) in [5, 5.41) is 0. The smallest absolute Gasteiger partial charge is 0.417 e. The fourth-order valence-corrected chi connectivity index (χ4v) is 2.63. The van der Waals surface area contributed by atoms with Crippen molar-refractivity contribution in [3.8, 4) is 0 Å². The minimum Gasteiger partial charge on any atom is -0.443 e. The molecule has 0 spiro atoms. The third-order valence-electron chi connectivity index (χ3n) is 3.21. The molecule has 2 amide bonds. The largest absolute Gasteiger partial charge is 0.443 e. The number of hydrogen-bond acceptors (Lipinski definition) is 4. The van der Waals surface area contributed by atoms with E-state index in [1.807, 2.05) is 20.8 Å². The van der Waals surface area contributed by atoms with Gasteiger partial charge in [0.2, 0.25) is 5.91 Å². The zero-order valence-corrected chi connectivity index (χ0v) is 12.8. The van der Waals surface area contributed by atoms with Gasteiger partial charge in [0.05, 0.1) is 6.04 Å². The van der Waals surface area contributed by atoms with Gasteiger partial charge in [0.1, 0.15) is 5.60 Å². The SMILES string of the molecule is CC(C)(C)OC(=O)N1C(=O)CC(CN)C1C(C)(C)C. The Hall–Kier alpha value is -1.10. The van der Waals surface area contributed by atoms with Gasteiger partial charge in [0.25, 0.3) is 0 Å². The molecule has 0 bridgehead atoms. The van der Waals surface area contributed by atoms with Crippen LogP contribution >= 0.6 is 0 Å². The highest BCUT2D eigenvalue weighted by Crippen LogP contribution is 2.38. The summed E-state index contributed by atoms with van der Waals surface area (Å²) in [5.41, 5.74) is 4.92. The molecule has 0 aromatic carbocycles. The zero-order valence-electron chi connectivity index (χ0n) is 12.8. The van der Waals surface area contributed by atoms with Crippen LogP contribution in [0.5, 0.6) is 0 Å². The number of carbonyl (C=O) groups is 2. The second kappa shape index (κ2) is 5.12. The van der Waals surface area contributed by atoms with E-state index < -0.39 is 11.7 Å². The van der Waals surface area contributed by atoms with Crippen LogP contribution in [0.3, 0.4) is 0 Å². The molecule has 5 nitrogen and oxygen atoms in total. The second-order valence-corrected chi connectivity index (χ2v) is 7.25. The standard InChI is InChI=1S/C14H26N2O3/c1-13(2,3)11-9(8-15)7-10(17)16(11)12(18)19-14(4,5)6/h9,11H,7-8,15H2,1-6H3. The molecule has 2 N–H and O–H groups in total. The topological polar surface area (TPSA) is 72.6 Å². The first-order valence-corrected chi connectivity index (χ1v) is 6.72. The molecular formula is C14H26N2O3. The summed E-state index contributed by atoms with van der Waals surface area (Å²) in [5.74, 6) is -0.190. The van der Waals surface area contributed by atoms with Crippen molar-refractivity contribution >= 4 is 12.0 Å². The Morgan fingerprint density at radius 2 is 1.84 bits per heavy atom. The molecule has 1 saturated heterocycles. The maximum absolute atomic E-state index is 12.2. The van der Waals surface area contributed by atoms with Crippen LogP contribution in [0.25, 0.3) is 0 Å². The summed E-state index contributed by atoms with van der Waals surface area (Å²) < 4.78 is 5.34. The van der Waals surface area contributed by atoms with Crippen molar-refractivity contribution in [2.24, 2.45) is 17.1 Å². The maximum Gasteiger partial charge on any atom is 0.417 e. The molecule has 1 fully saturated rings. The molecule has 1 aliphatic rings. The lowest BCUT2D eigenvalue weighted by Gasteiger charge is -2.37. The summed E-state index contributed by atoms with van der Waals surface area (Å²) in [4.78, 5) is 25.6. The average Bonchev–Trinajstić information content (AvgIpc) is 2.51. The number of imide groups is 1. The molecule has 1 rings (SSSR count). The van der Waals surface area contributed by atoms with Crippen LogP contribution in [0.1, 0.15) is 48.0 Å². The zero-order chi connectivity index (χ0) is 15.0. The van der Waals surface area contributed by atoms with Gasteiger partial charge in [-0.25, -0.2) is 9.69 Å². The van der Waals surface area contributed by atoms with Gasteiger partial charge < -0.3 is 10.5 Å². The quantitative estimate of drug-likeness (QED) is 0.792. The summed E-state index contributed by atoms with van der Waals surface area (Å²) in [7, 11) is 0. The molecule has 1 aliphatic heterocycles. The molecular weight excluding hydrogens is 244 g/mol. The lowest BCUT2D eigenvalue weighted by atomic mass is 9.79. The number of nitrogens with two attached hydrogens (primary N) is 1. The van der Waals surface area contributed by atoms with E-state index in [9.17, 15) is 9.59 Å². The molecule has 0 aromatic heterocycles. The third-order valence-corrected chi connectivity index (χ3v) is 3.21. The first-order valence-electron chi connectivity index (χ1n) is 6.72. The monoisotopic (exact) mass is 270 g/mol. The lowest BCUT2D eigenvalue weighted by Crippen LogP contribution is -2.50. The molecule has 0 radical (unpaired) electrons. The van der Waals surface area contributed by atoms with Crippen molar-refractivity contribution in [2.45, 2.75) is 59.6 Å². The van der Waals surface area contributed by atoms with Crippen molar-refractivity contribution in [2.75, 3.05) is 6.54 Å². The number of hydrogen-bond donors (Lipinski definition) is 1. The number of nitrogens with zero attached hydrogens (tertiary/aromatic N) is 1. The van der Waals surface area contributed by atoms with Crippen molar-refractivity contribution in [3.63, 3.8) is 0 Å². The van der Waals surface area contributed by atoms with Crippen molar-refractivity contribution < 1.29 is 14.3 Å². The van der Waals surface area contributed by atoms with Gasteiger partial charge in [-0.2, -0.15) is 0 Å². The molecule has 5 heteroatoms. The average molecular weight is 270 g/mol. The van der Waals surface area contributed by atoms with Crippen LogP contribution in [0, 0.1) is 11.3 Å². The molecule has 110 valence electrons. The highest BCUT2D eigenvalue weighted by Gasteiger charge is 2.49. The van der Waals surface area contributed by atoms with Gasteiger partial charge in [0, 0.05) is 12.3 Å². The molecule has 2 atom stereocenters. The van der Waals surface area contributed by atoms with Gasteiger partial charge in [-0.05, 0) is 32.7 Å². The lowest BCUT2D eigenvalue weighted by molar-refractivity contribution is -0.129. The number of likely N-dealkylation sites (tertiary alicyclic amines) is 1. The van der Waals surface area contributed by atoms with Gasteiger partial charge in [0.15, 0.2) is 0 Å². The Balaban J connectivity index is 3.02.